The molecule has 3 atom stereocenters. The fourth-order valence-corrected chi connectivity index (χ4v) is 3.75. The van der Waals surface area contributed by atoms with Crippen LogP contribution in [0.1, 0.15) is 29.9 Å². The summed E-state index contributed by atoms with van der Waals surface area (Å²) in [5.74, 6) is 0.607. The number of rotatable bonds is 7. The molecule has 2 aromatic rings. The zero-order chi connectivity index (χ0) is 18.6. The molecular formula is C23H24N2O2. The number of hydrogen-bond donors (Lipinski definition) is 0. The number of amides is 1. The molecule has 0 radical (unpaired) electrons. The molecule has 1 fully saturated rings. The Kier molecular flexibility index (Phi) is 5.05. The van der Waals surface area contributed by atoms with Gasteiger partial charge in [0.05, 0.1) is 12.3 Å². The number of nitrogens with zero attached hydrogens (tertiary/aromatic N) is 2. The molecule has 0 spiro atoms. The molecule has 1 aliphatic carbocycles. The molecule has 0 aromatic heterocycles. The maximum absolute atomic E-state index is 13.0. The molecule has 1 amide bonds. The zero-order valence-corrected chi connectivity index (χ0v) is 15.3. The van der Waals surface area contributed by atoms with Gasteiger partial charge in [0.15, 0.2) is 6.10 Å². The van der Waals surface area contributed by atoms with Gasteiger partial charge in [-0.05, 0) is 23.5 Å². The molecule has 0 saturated heterocycles. The van der Waals surface area contributed by atoms with Crippen molar-refractivity contribution >= 4 is 11.6 Å². The maximum Gasteiger partial charge on any atom is 0.226 e. The number of benzene rings is 2. The monoisotopic (exact) mass is 360 g/mol. The third kappa shape index (κ3) is 3.95. The molecule has 138 valence electrons. The number of hydrogen-bond acceptors (Lipinski definition) is 3. The second-order valence-electron chi connectivity index (χ2n) is 7.23. The predicted molar refractivity (Wildman–Crippen MR) is 107 cm³/mol. The van der Waals surface area contributed by atoms with Gasteiger partial charge in [-0.1, -0.05) is 71.9 Å². The Hall–Kier alpha value is -2.88. The Morgan fingerprint density at radius 1 is 1.15 bits per heavy atom. The number of oxime groups is 1. The lowest BCUT2D eigenvalue weighted by atomic mass is 10.0. The van der Waals surface area contributed by atoms with Gasteiger partial charge in [-0.3, -0.25) is 4.79 Å². The lowest BCUT2D eigenvalue weighted by Gasteiger charge is -2.23. The molecular weight excluding hydrogens is 336 g/mol. The Morgan fingerprint density at radius 2 is 1.85 bits per heavy atom. The van der Waals surface area contributed by atoms with Crippen LogP contribution in [0, 0.1) is 5.92 Å². The van der Waals surface area contributed by atoms with Gasteiger partial charge in [0.25, 0.3) is 0 Å². The summed E-state index contributed by atoms with van der Waals surface area (Å²) in [6, 6.07) is 20.3. The standard InChI is InChI=1S/C23H24N2O2/c1-2-13-25(23(26)21-15-20(21)17-9-5-3-6-10-17)16-19-14-22(24-27-19)18-11-7-4-8-12-18/h2-12,19-21H,1,13-16H2. The van der Waals surface area contributed by atoms with Gasteiger partial charge in [0, 0.05) is 18.9 Å². The van der Waals surface area contributed by atoms with Gasteiger partial charge in [-0.15, -0.1) is 6.58 Å². The molecule has 1 heterocycles. The molecule has 0 bridgehead atoms. The van der Waals surface area contributed by atoms with Crippen molar-refractivity contribution in [2.75, 3.05) is 13.1 Å². The summed E-state index contributed by atoms with van der Waals surface area (Å²) in [5, 5.41) is 4.24. The van der Waals surface area contributed by atoms with Crippen molar-refractivity contribution < 1.29 is 9.63 Å². The lowest BCUT2D eigenvalue weighted by Crippen LogP contribution is -2.39. The second-order valence-corrected chi connectivity index (χ2v) is 7.23. The van der Waals surface area contributed by atoms with Crippen molar-refractivity contribution in [3.05, 3.63) is 84.4 Å². The van der Waals surface area contributed by atoms with Crippen molar-refractivity contribution in [3.63, 3.8) is 0 Å². The van der Waals surface area contributed by atoms with Crippen LogP contribution in [0.15, 0.2) is 78.5 Å². The lowest BCUT2D eigenvalue weighted by molar-refractivity contribution is -0.133. The quantitative estimate of drug-likeness (QED) is 0.701. The van der Waals surface area contributed by atoms with Crippen LogP contribution < -0.4 is 0 Å². The number of carbonyl (C=O) groups is 1. The smallest absolute Gasteiger partial charge is 0.226 e. The van der Waals surface area contributed by atoms with Gasteiger partial charge in [0.1, 0.15) is 0 Å². The van der Waals surface area contributed by atoms with E-state index in [9.17, 15) is 4.79 Å². The zero-order valence-electron chi connectivity index (χ0n) is 15.3. The first-order valence-electron chi connectivity index (χ1n) is 9.49. The summed E-state index contributed by atoms with van der Waals surface area (Å²) in [7, 11) is 0. The largest absolute Gasteiger partial charge is 0.390 e. The average Bonchev–Trinajstić information content (AvgIpc) is 3.39. The molecule has 2 aromatic carbocycles. The molecule has 3 unspecified atom stereocenters. The van der Waals surface area contributed by atoms with E-state index in [0.29, 0.717) is 19.0 Å². The van der Waals surface area contributed by atoms with Crippen LogP contribution in [0.4, 0.5) is 0 Å². The van der Waals surface area contributed by atoms with E-state index in [-0.39, 0.29) is 17.9 Å². The SMILES string of the molecule is C=CCN(CC1CC(c2ccccc2)=NO1)C(=O)C1CC1c1ccccc1. The van der Waals surface area contributed by atoms with Crippen LogP contribution in [0.3, 0.4) is 0 Å². The van der Waals surface area contributed by atoms with Gasteiger partial charge in [-0.2, -0.15) is 0 Å². The van der Waals surface area contributed by atoms with Gasteiger partial charge < -0.3 is 9.74 Å². The minimum Gasteiger partial charge on any atom is -0.390 e. The first-order chi connectivity index (χ1) is 13.3. The van der Waals surface area contributed by atoms with Crippen LogP contribution in [0.5, 0.6) is 0 Å². The normalized spacial score (nSPS) is 23.3. The van der Waals surface area contributed by atoms with E-state index < -0.39 is 0 Å². The first-order valence-corrected chi connectivity index (χ1v) is 9.49. The van der Waals surface area contributed by atoms with Crippen molar-refractivity contribution in [2.45, 2.75) is 24.9 Å². The van der Waals surface area contributed by atoms with E-state index in [4.69, 9.17) is 4.84 Å². The molecule has 4 nitrogen and oxygen atoms in total. The highest BCUT2D eigenvalue weighted by molar-refractivity contribution is 6.01. The topological polar surface area (TPSA) is 41.9 Å². The molecule has 0 N–H and O–H groups in total. The van der Waals surface area contributed by atoms with Gasteiger partial charge in [0.2, 0.25) is 5.91 Å². The van der Waals surface area contributed by atoms with E-state index in [2.05, 4.69) is 23.9 Å². The molecule has 2 aliphatic rings. The van der Waals surface area contributed by atoms with E-state index >= 15 is 0 Å². The van der Waals surface area contributed by atoms with Crippen molar-refractivity contribution in [1.29, 1.82) is 0 Å². The van der Waals surface area contributed by atoms with Crippen LogP contribution >= 0.6 is 0 Å². The molecule has 4 heteroatoms. The van der Waals surface area contributed by atoms with Gasteiger partial charge in [-0.25, -0.2) is 0 Å². The highest BCUT2D eigenvalue weighted by Crippen LogP contribution is 2.48. The Bertz CT molecular complexity index is 832. The van der Waals surface area contributed by atoms with Crippen molar-refractivity contribution in [1.82, 2.24) is 4.90 Å². The highest BCUT2D eigenvalue weighted by atomic mass is 16.6. The van der Waals surface area contributed by atoms with Crippen molar-refractivity contribution in [3.8, 4) is 0 Å². The van der Waals surface area contributed by atoms with E-state index in [1.165, 1.54) is 5.56 Å². The minimum absolute atomic E-state index is 0.0725. The molecule has 4 rings (SSSR count). The van der Waals surface area contributed by atoms with Crippen LogP contribution in [-0.4, -0.2) is 35.7 Å². The van der Waals surface area contributed by atoms with Crippen molar-refractivity contribution in [2.24, 2.45) is 11.1 Å². The number of carbonyl (C=O) groups excluding carboxylic acids is 1. The fourth-order valence-electron chi connectivity index (χ4n) is 3.75. The summed E-state index contributed by atoms with van der Waals surface area (Å²) in [4.78, 5) is 20.5. The van der Waals surface area contributed by atoms with E-state index in [1.54, 1.807) is 6.08 Å². The van der Waals surface area contributed by atoms with Crippen LogP contribution in [0.25, 0.3) is 0 Å². The van der Waals surface area contributed by atoms with E-state index in [1.807, 2.05) is 53.4 Å². The summed E-state index contributed by atoms with van der Waals surface area (Å²) >= 11 is 0. The Balaban J connectivity index is 1.36. The Morgan fingerprint density at radius 3 is 2.56 bits per heavy atom. The second kappa shape index (κ2) is 7.78. The summed E-state index contributed by atoms with van der Waals surface area (Å²) in [6.07, 6.45) is 3.33. The van der Waals surface area contributed by atoms with Gasteiger partial charge >= 0.3 is 0 Å². The predicted octanol–water partition coefficient (Wildman–Crippen LogP) is 4.00. The Labute approximate surface area is 160 Å². The highest BCUT2D eigenvalue weighted by Gasteiger charge is 2.46. The molecule has 1 aliphatic heterocycles. The fraction of sp³-hybridized carbons (Fsp3) is 0.304. The summed E-state index contributed by atoms with van der Waals surface area (Å²) < 4.78 is 0. The van der Waals surface area contributed by atoms with E-state index in [0.717, 1.165) is 24.1 Å². The molecule has 1 saturated carbocycles. The first kappa shape index (κ1) is 17.5. The van der Waals surface area contributed by atoms with Crippen LogP contribution in [-0.2, 0) is 9.63 Å². The van der Waals surface area contributed by atoms with Crippen LogP contribution in [0.2, 0.25) is 0 Å². The summed E-state index contributed by atoms with van der Waals surface area (Å²) in [5.41, 5.74) is 3.27. The maximum atomic E-state index is 13.0. The minimum atomic E-state index is -0.0990. The third-order valence-corrected chi connectivity index (χ3v) is 5.26. The third-order valence-electron chi connectivity index (χ3n) is 5.26. The summed E-state index contributed by atoms with van der Waals surface area (Å²) in [6.45, 7) is 4.90. The average molecular weight is 360 g/mol. The molecule has 27 heavy (non-hydrogen) atoms.